The molecule has 0 amide bonds. The van der Waals surface area contributed by atoms with E-state index < -0.39 is 5.97 Å². The molecule has 0 atom stereocenters. The van der Waals surface area contributed by atoms with Crippen LogP contribution in [-0.4, -0.2) is 42.9 Å². The molecule has 1 saturated heterocycles. The van der Waals surface area contributed by atoms with Crippen LogP contribution in [0.5, 0.6) is 11.5 Å². The molecule has 1 fully saturated rings. The minimum atomic E-state index is -0.865. The summed E-state index contributed by atoms with van der Waals surface area (Å²) >= 11 is 7.76. The van der Waals surface area contributed by atoms with Crippen LogP contribution in [-0.2, 0) is 11.2 Å². The van der Waals surface area contributed by atoms with E-state index in [0.717, 1.165) is 46.3 Å². The first-order chi connectivity index (χ1) is 14.5. The Labute approximate surface area is 184 Å². The fraction of sp³-hybridized carbons (Fsp3) is 0.364. The SMILES string of the molecule is COc1ccc(CC(=O)O)cc1OCC1CCN(c2nc3ccc(Cl)cc3s2)CC1. The first-order valence-corrected chi connectivity index (χ1v) is 11.0. The van der Waals surface area contributed by atoms with Gasteiger partial charge in [-0.3, -0.25) is 4.79 Å². The van der Waals surface area contributed by atoms with Gasteiger partial charge in [-0.2, -0.15) is 0 Å². The number of aromatic nitrogens is 1. The molecule has 8 heteroatoms. The van der Waals surface area contributed by atoms with E-state index in [1.54, 1.807) is 36.6 Å². The predicted octanol–water partition coefficient (Wildman–Crippen LogP) is 4.88. The van der Waals surface area contributed by atoms with Gasteiger partial charge in [0.25, 0.3) is 0 Å². The van der Waals surface area contributed by atoms with Crippen molar-refractivity contribution in [3.8, 4) is 11.5 Å². The number of methoxy groups -OCH3 is 1. The Kier molecular flexibility index (Phi) is 6.29. The lowest BCUT2D eigenvalue weighted by atomic mass is 9.98. The Morgan fingerprint density at radius 3 is 2.77 bits per heavy atom. The Morgan fingerprint density at radius 1 is 1.23 bits per heavy atom. The standard InChI is InChI=1S/C22H23ClN2O4S/c1-28-18-5-2-15(11-21(26)27)10-19(18)29-13-14-6-8-25(9-7-14)22-24-17-4-3-16(23)12-20(17)30-22/h2-5,10,12,14H,6-9,11,13H2,1H3,(H,26,27). The maximum atomic E-state index is 11.0. The van der Waals surface area contributed by atoms with Crippen LogP contribution >= 0.6 is 22.9 Å². The molecule has 3 aromatic rings. The van der Waals surface area contributed by atoms with Crippen molar-refractivity contribution in [3.63, 3.8) is 0 Å². The monoisotopic (exact) mass is 446 g/mol. The highest BCUT2D eigenvalue weighted by Crippen LogP contribution is 2.34. The van der Waals surface area contributed by atoms with Crippen LogP contribution in [0.3, 0.4) is 0 Å². The molecule has 2 aromatic carbocycles. The van der Waals surface area contributed by atoms with Crippen molar-refractivity contribution >= 4 is 44.3 Å². The lowest BCUT2D eigenvalue weighted by Gasteiger charge is -2.31. The van der Waals surface area contributed by atoms with E-state index in [1.165, 1.54) is 0 Å². The third kappa shape index (κ3) is 4.79. The molecule has 0 bridgehead atoms. The molecule has 0 saturated carbocycles. The summed E-state index contributed by atoms with van der Waals surface area (Å²) in [4.78, 5) is 18.0. The molecular formula is C22H23ClN2O4S. The van der Waals surface area contributed by atoms with Crippen molar-refractivity contribution in [2.75, 3.05) is 31.7 Å². The maximum absolute atomic E-state index is 11.0. The number of carboxylic acids is 1. The van der Waals surface area contributed by atoms with Gasteiger partial charge in [0.05, 0.1) is 30.4 Å². The summed E-state index contributed by atoms with van der Waals surface area (Å²) in [6, 6.07) is 11.1. The molecule has 30 heavy (non-hydrogen) atoms. The first kappa shape index (κ1) is 20.8. The fourth-order valence-corrected chi connectivity index (χ4v) is 4.93. The number of fused-ring (bicyclic) bond motifs is 1. The Bertz CT molecular complexity index is 1050. The minimum Gasteiger partial charge on any atom is -0.493 e. The normalized spacial score (nSPS) is 14.8. The zero-order valence-corrected chi connectivity index (χ0v) is 18.2. The summed E-state index contributed by atoms with van der Waals surface area (Å²) in [5.74, 6) is 0.782. The van der Waals surface area contributed by atoms with Crippen LogP contribution in [0.1, 0.15) is 18.4 Å². The summed E-state index contributed by atoms with van der Waals surface area (Å²) in [7, 11) is 1.59. The van der Waals surface area contributed by atoms with Crippen molar-refractivity contribution < 1.29 is 19.4 Å². The van der Waals surface area contributed by atoms with E-state index in [-0.39, 0.29) is 6.42 Å². The summed E-state index contributed by atoms with van der Waals surface area (Å²) in [6.45, 7) is 2.44. The smallest absolute Gasteiger partial charge is 0.307 e. The van der Waals surface area contributed by atoms with Gasteiger partial charge >= 0.3 is 5.97 Å². The molecule has 1 aromatic heterocycles. The number of benzene rings is 2. The summed E-state index contributed by atoms with van der Waals surface area (Å²) in [6.07, 6.45) is 1.98. The van der Waals surface area contributed by atoms with Crippen molar-refractivity contribution in [1.29, 1.82) is 0 Å². The quantitative estimate of drug-likeness (QED) is 0.557. The van der Waals surface area contributed by atoms with E-state index in [2.05, 4.69) is 4.90 Å². The zero-order chi connectivity index (χ0) is 21.1. The second kappa shape index (κ2) is 9.10. The Morgan fingerprint density at radius 2 is 2.03 bits per heavy atom. The number of carboxylic acid groups (broad SMARTS) is 1. The molecule has 0 unspecified atom stereocenters. The highest BCUT2D eigenvalue weighted by atomic mass is 35.5. The van der Waals surface area contributed by atoms with Gasteiger partial charge < -0.3 is 19.5 Å². The summed E-state index contributed by atoms with van der Waals surface area (Å²) in [5.41, 5.74) is 1.68. The van der Waals surface area contributed by atoms with Gasteiger partial charge in [0.2, 0.25) is 0 Å². The molecular weight excluding hydrogens is 424 g/mol. The number of halogens is 1. The topological polar surface area (TPSA) is 71.9 Å². The number of hydrogen-bond acceptors (Lipinski definition) is 6. The molecule has 1 aliphatic rings. The number of ether oxygens (including phenoxy) is 2. The van der Waals surface area contributed by atoms with Gasteiger partial charge in [-0.25, -0.2) is 4.98 Å². The Balaban J connectivity index is 1.35. The average molecular weight is 447 g/mol. The van der Waals surface area contributed by atoms with Crippen LogP contribution in [0.4, 0.5) is 5.13 Å². The van der Waals surface area contributed by atoms with Gasteiger partial charge in [0.1, 0.15) is 0 Å². The molecule has 1 aliphatic heterocycles. The lowest BCUT2D eigenvalue weighted by Crippen LogP contribution is -2.35. The third-order valence-corrected chi connectivity index (χ3v) is 6.60. The second-order valence-corrected chi connectivity index (χ2v) is 8.85. The van der Waals surface area contributed by atoms with Gasteiger partial charge in [-0.1, -0.05) is 29.0 Å². The number of rotatable bonds is 7. The van der Waals surface area contributed by atoms with Crippen LogP contribution in [0.25, 0.3) is 10.2 Å². The van der Waals surface area contributed by atoms with Crippen molar-refractivity contribution in [1.82, 2.24) is 4.98 Å². The average Bonchev–Trinajstić information content (AvgIpc) is 3.15. The first-order valence-electron chi connectivity index (χ1n) is 9.84. The number of nitrogens with zero attached hydrogens (tertiary/aromatic N) is 2. The second-order valence-electron chi connectivity index (χ2n) is 7.41. The number of piperidine rings is 1. The number of carbonyl (C=O) groups is 1. The molecule has 4 rings (SSSR count). The highest BCUT2D eigenvalue weighted by Gasteiger charge is 2.23. The minimum absolute atomic E-state index is 0.0356. The molecule has 6 nitrogen and oxygen atoms in total. The van der Waals surface area contributed by atoms with Crippen LogP contribution in [0.2, 0.25) is 5.02 Å². The van der Waals surface area contributed by atoms with E-state index in [1.807, 2.05) is 18.2 Å². The molecule has 0 aliphatic carbocycles. The molecule has 1 N–H and O–H groups in total. The van der Waals surface area contributed by atoms with Crippen molar-refractivity contribution in [2.24, 2.45) is 5.92 Å². The van der Waals surface area contributed by atoms with Crippen LogP contribution in [0.15, 0.2) is 36.4 Å². The van der Waals surface area contributed by atoms with E-state index >= 15 is 0 Å². The van der Waals surface area contributed by atoms with Crippen molar-refractivity contribution in [2.45, 2.75) is 19.3 Å². The zero-order valence-electron chi connectivity index (χ0n) is 16.6. The number of aliphatic carboxylic acids is 1. The van der Waals surface area contributed by atoms with E-state index in [0.29, 0.717) is 29.6 Å². The largest absolute Gasteiger partial charge is 0.493 e. The molecule has 0 spiro atoms. The number of thiazole rings is 1. The van der Waals surface area contributed by atoms with Crippen molar-refractivity contribution in [3.05, 3.63) is 47.0 Å². The van der Waals surface area contributed by atoms with Crippen LogP contribution in [0, 0.1) is 5.92 Å². The van der Waals surface area contributed by atoms with Gasteiger partial charge in [-0.15, -0.1) is 0 Å². The fourth-order valence-electron chi connectivity index (χ4n) is 3.64. The maximum Gasteiger partial charge on any atom is 0.307 e. The van der Waals surface area contributed by atoms with E-state index in [9.17, 15) is 4.79 Å². The predicted molar refractivity (Wildman–Crippen MR) is 119 cm³/mol. The lowest BCUT2D eigenvalue weighted by molar-refractivity contribution is -0.136. The van der Waals surface area contributed by atoms with Gasteiger partial charge in [0.15, 0.2) is 16.6 Å². The molecule has 0 radical (unpaired) electrons. The summed E-state index contributed by atoms with van der Waals surface area (Å²) in [5, 5.41) is 10.8. The molecule has 2 heterocycles. The van der Waals surface area contributed by atoms with Gasteiger partial charge in [-0.05, 0) is 54.7 Å². The highest BCUT2D eigenvalue weighted by molar-refractivity contribution is 7.22. The summed E-state index contributed by atoms with van der Waals surface area (Å²) < 4.78 is 12.5. The van der Waals surface area contributed by atoms with E-state index in [4.69, 9.17) is 31.2 Å². The third-order valence-electron chi connectivity index (χ3n) is 5.28. The molecule has 158 valence electrons. The van der Waals surface area contributed by atoms with Gasteiger partial charge in [0, 0.05) is 18.1 Å². The number of hydrogen-bond donors (Lipinski definition) is 1. The Hall–Kier alpha value is -2.51. The van der Waals surface area contributed by atoms with Crippen LogP contribution < -0.4 is 14.4 Å². The number of anilines is 1.